The zero-order valence-electron chi connectivity index (χ0n) is 18.9. The Morgan fingerprint density at radius 1 is 0.970 bits per heavy atom. The maximum Gasteiger partial charge on any atom is 0.227 e. The molecule has 2 aromatic carbocycles. The predicted molar refractivity (Wildman–Crippen MR) is 134 cm³/mol. The number of aryl methyl sites for hydroxylation is 1. The number of amides is 1. The van der Waals surface area contributed by atoms with Gasteiger partial charge >= 0.3 is 0 Å². The van der Waals surface area contributed by atoms with Crippen molar-refractivity contribution in [3.8, 4) is 0 Å². The molecule has 174 valence electrons. The highest BCUT2D eigenvalue weighted by molar-refractivity contribution is 6.36. The smallest absolute Gasteiger partial charge is 0.227 e. The van der Waals surface area contributed by atoms with Gasteiger partial charge in [0.25, 0.3) is 0 Å². The number of nitrogens with zero attached hydrogens (tertiary/aromatic N) is 2. The van der Waals surface area contributed by atoms with Crippen LogP contribution in [0.25, 0.3) is 0 Å². The number of piperidine rings is 1. The van der Waals surface area contributed by atoms with E-state index in [0.717, 1.165) is 91.6 Å². The highest BCUT2D eigenvalue weighted by Gasteiger charge is 2.32. The first kappa shape index (κ1) is 22.9. The number of carbonyl (C=O) groups is 2. The second-order valence-electron chi connectivity index (χ2n) is 9.64. The second kappa shape index (κ2) is 9.77. The Labute approximate surface area is 205 Å². The second-order valence-corrected chi connectivity index (χ2v) is 10.4. The number of anilines is 1. The molecule has 0 aromatic heterocycles. The van der Waals surface area contributed by atoms with E-state index in [-0.39, 0.29) is 11.7 Å². The van der Waals surface area contributed by atoms with Gasteiger partial charge in [0.05, 0.1) is 5.69 Å². The van der Waals surface area contributed by atoms with Crippen molar-refractivity contribution >= 4 is 40.6 Å². The monoisotopic (exact) mass is 484 g/mol. The summed E-state index contributed by atoms with van der Waals surface area (Å²) in [5.41, 5.74) is 5.33. The van der Waals surface area contributed by atoms with Crippen LogP contribution in [0.4, 0.5) is 5.69 Å². The van der Waals surface area contributed by atoms with Gasteiger partial charge in [0.15, 0.2) is 5.78 Å². The summed E-state index contributed by atoms with van der Waals surface area (Å²) < 4.78 is 0. The summed E-state index contributed by atoms with van der Waals surface area (Å²) >= 11 is 12.6. The number of carbonyl (C=O) groups excluding carboxylic acids is 2. The van der Waals surface area contributed by atoms with Crippen LogP contribution in [0.1, 0.15) is 59.2 Å². The Morgan fingerprint density at radius 2 is 1.67 bits per heavy atom. The molecule has 3 aliphatic rings. The van der Waals surface area contributed by atoms with Crippen molar-refractivity contribution in [1.29, 1.82) is 0 Å². The summed E-state index contributed by atoms with van der Waals surface area (Å²) in [7, 11) is 0. The molecule has 33 heavy (non-hydrogen) atoms. The van der Waals surface area contributed by atoms with Gasteiger partial charge in [0.1, 0.15) is 0 Å². The van der Waals surface area contributed by atoms with Crippen LogP contribution in [0, 0.1) is 5.92 Å². The summed E-state index contributed by atoms with van der Waals surface area (Å²) in [6, 6.07) is 9.78. The molecule has 1 fully saturated rings. The van der Waals surface area contributed by atoms with Gasteiger partial charge in [-0.1, -0.05) is 29.3 Å². The molecule has 0 unspecified atom stereocenters. The van der Waals surface area contributed by atoms with Crippen molar-refractivity contribution < 1.29 is 9.59 Å². The van der Waals surface area contributed by atoms with Gasteiger partial charge in [0.2, 0.25) is 5.91 Å². The molecule has 4 nitrogen and oxygen atoms in total. The summed E-state index contributed by atoms with van der Waals surface area (Å²) in [6.45, 7) is 3.86. The van der Waals surface area contributed by atoms with Crippen molar-refractivity contribution in [2.75, 3.05) is 31.1 Å². The minimum Gasteiger partial charge on any atom is -0.312 e. The quantitative estimate of drug-likeness (QED) is 0.470. The predicted octanol–water partition coefficient (Wildman–Crippen LogP) is 5.75. The third-order valence-corrected chi connectivity index (χ3v) is 8.31. The van der Waals surface area contributed by atoms with Crippen molar-refractivity contribution in [3.63, 3.8) is 0 Å². The fourth-order valence-electron chi connectivity index (χ4n) is 5.64. The lowest BCUT2D eigenvalue weighted by molar-refractivity contribution is -0.118. The molecule has 5 rings (SSSR count). The maximum atomic E-state index is 13.0. The van der Waals surface area contributed by atoms with Crippen LogP contribution in [-0.2, 0) is 24.1 Å². The van der Waals surface area contributed by atoms with E-state index in [1.165, 1.54) is 11.1 Å². The first-order valence-corrected chi connectivity index (χ1v) is 12.9. The molecule has 6 heteroatoms. The molecule has 0 N–H and O–H groups in total. The summed E-state index contributed by atoms with van der Waals surface area (Å²) in [5, 5.41) is 1.49. The van der Waals surface area contributed by atoms with Crippen LogP contribution in [0.3, 0.4) is 0 Å². The molecular formula is C27H30Cl2N2O2. The minimum atomic E-state index is 0.224. The first-order chi connectivity index (χ1) is 16.0. The summed E-state index contributed by atoms with van der Waals surface area (Å²) in [4.78, 5) is 29.5. The minimum absolute atomic E-state index is 0.224. The third-order valence-electron chi connectivity index (χ3n) is 7.60. The largest absolute Gasteiger partial charge is 0.312 e. The molecule has 0 aliphatic carbocycles. The zero-order valence-corrected chi connectivity index (χ0v) is 20.4. The van der Waals surface area contributed by atoms with Crippen molar-refractivity contribution in [3.05, 3.63) is 62.6 Å². The summed E-state index contributed by atoms with van der Waals surface area (Å²) in [6.07, 6.45) is 6.90. The Bertz CT molecular complexity index is 1060. The first-order valence-electron chi connectivity index (χ1n) is 12.1. The van der Waals surface area contributed by atoms with Crippen LogP contribution in [0.2, 0.25) is 10.0 Å². The average molecular weight is 485 g/mol. The molecule has 0 radical (unpaired) electrons. The van der Waals surface area contributed by atoms with Crippen molar-refractivity contribution in [1.82, 2.24) is 4.90 Å². The van der Waals surface area contributed by atoms with E-state index < -0.39 is 0 Å². The van der Waals surface area contributed by atoms with E-state index in [4.69, 9.17) is 23.2 Å². The number of hydrogen-bond donors (Lipinski definition) is 0. The van der Waals surface area contributed by atoms with Crippen LogP contribution in [-0.4, -0.2) is 42.8 Å². The van der Waals surface area contributed by atoms with Gasteiger partial charge in [-0.25, -0.2) is 0 Å². The molecule has 0 bridgehead atoms. The molecular weight excluding hydrogens is 455 g/mol. The molecule has 0 spiro atoms. The van der Waals surface area contributed by atoms with E-state index in [9.17, 15) is 9.59 Å². The number of rotatable bonds is 7. The van der Waals surface area contributed by atoms with E-state index in [1.807, 2.05) is 35.2 Å². The topological polar surface area (TPSA) is 40.6 Å². The standard InChI is InChI=1S/C27H30Cl2N2O2/c28-23-2-1-3-24(29)22(23)11-14-30-12-8-18(9-13-30)4-6-25(32)21-16-19-5-7-26(33)31-15-10-20(17-21)27(19)31/h1-3,16-18H,4-15H2. The number of likely N-dealkylation sites (tertiary alicyclic amines) is 1. The molecule has 0 atom stereocenters. The number of benzene rings is 2. The zero-order chi connectivity index (χ0) is 22.9. The molecule has 2 aromatic rings. The van der Waals surface area contributed by atoms with E-state index in [1.54, 1.807) is 0 Å². The third kappa shape index (κ3) is 4.84. The molecule has 3 heterocycles. The lowest BCUT2D eigenvalue weighted by Gasteiger charge is -2.32. The summed E-state index contributed by atoms with van der Waals surface area (Å²) in [5.74, 6) is 1.08. The van der Waals surface area contributed by atoms with Crippen LogP contribution in [0.15, 0.2) is 30.3 Å². The number of Topliss-reactive ketones (excluding diaryl/α,β-unsaturated/α-hetero) is 1. The Kier molecular flexibility index (Phi) is 6.78. The van der Waals surface area contributed by atoms with E-state index in [0.29, 0.717) is 18.8 Å². The number of halogens is 2. The fourth-order valence-corrected chi connectivity index (χ4v) is 6.22. The van der Waals surface area contributed by atoms with Gasteiger partial charge in [-0.05, 0) is 98.5 Å². The van der Waals surface area contributed by atoms with Gasteiger partial charge in [-0.15, -0.1) is 0 Å². The number of ketones is 1. The number of hydrogen-bond acceptors (Lipinski definition) is 3. The molecule has 1 saturated heterocycles. The Balaban J connectivity index is 1.11. The van der Waals surface area contributed by atoms with Gasteiger partial charge < -0.3 is 9.80 Å². The maximum absolute atomic E-state index is 13.0. The van der Waals surface area contributed by atoms with Gasteiger partial charge in [-0.3, -0.25) is 9.59 Å². The highest BCUT2D eigenvalue weighted by atomic mass is 35.5. The van der Waals surface area contributed by atoms with Gasteiger partial charge in [-0.2, -0.15) is 0 Å². The van der Waals surface area contributed by atoms with Crippen molar-refractivity contribution in [2.45, 2.75) is 51.4 Å². The Hall–Kier alpha value is -1.88. The van der Waals surface area contributed by atoms with Crippen LogP contribution in [0.5, 0.6) is 0 Å². The van der Waals surface area contributed by atoms with E-state index >= 15 is 0 Å². The van der Waals surface area contributed by atoms with Crippen LogP contribution < -0.4 is 4.90 Å². The van der Waals surface area contributed by atoms with Crippen molar-refractivity contribution in [2.24, 2.45) is 5.92 Å². The molecule has 0 saturated carbocycles. The highest BCUT2D eigenvalue weighted by Crippen LogP contribution is 2.38. The lowest BCUT2D eigenvalue weighted by Crippen LogP contribution is -2.35. The Morgan fingerprint density at radius 3 is 2.39 bits per heavy atom. The van der Waals surface area contributed by atoms with Crippen LogP contribution >= 0.6 is 23.2 Å². The average Bonchev–Trinajstić information content (AvgIpc) is 3.26. The SMILES string of the molecule is O=C(CCC1CCN(CCc2c(Cl)cccc2Cl)CC1)c1cc2c3c(c1)CCN3C(=O)CC2. The lowest BCUT2D eigenvalue weighted by atomic mass is 9.89. The molecule has 3 aliphatic heterocycles. The fraction of sp³-hybridized carbons (Fsp3) is 0.481. The van der Waals surface area contributed by atoms with Gasteiger partial charge in [0, 0.05) is 41.5 Å². The normalized spacial score (nSPS) is 18.6. The van der Waals surface area contributed by atoms with E-state index in [2.05, 4.69) is 4.90 Å². The molecule has 1 amide bonds.